The van der Waals surface area contributed by atoms with Gasteiger partial charge >= 0.3 is 0 Å². The number of carbonyl (C=O) groups excluding carboxylic acids is 2. The van der Waals surface area contributed by atoms with E-state index < -0.39 is 11.8 Å². The van der Waals surface area contributed by atoms with Gasteiger partial charge in [0.2, 0.25) is 0 Å². The van der Waals surface area contributed by atoms with Crippen molar-refractivity contribution in [2.45, 2.75) is 39.7 Å². The first-order chi connectivity index (χ1) is 13.9. The minimum Gasteiger partial charge on any atom is -0.365 e. The van der Waals surface area contributed by atoms with Crippen molar-refractivity contribution >= 4 is 38.9 Å². The molecule has 0 saturated carbocycles. The maximum atomic E-state index is 13.1. The first-order valence-electron chi connectivity index (χ1n) is 9.66. The van der Waals surface area contributed by atoms with Crippen LogP contribution in [0.1, 0.15) is 51.6 Å². The topological polar surface area (TPSA) is 107 Å². The van der Waals surface area contributed by atoms with Gasteiger partial charge in [0.15, 0.2) is 5.69 Å². The summed E-state index contributed by atoms with van der Waals surface area (Å²) < 4.78 is 1.27. The van der Waals surface area contributed by atoms with E-state index in [-0.39, 0.29) is 11.3 Å². The van der Waals surface area contributed by atoms with Crippen LogP contribution in [0.4, 0.5) is 5.00 Å². The summed E-state index contributed by atoms with van der Waals surface area (Å²) in [5.41, 5.74) is 6.91. The number of nitrogens with two attached hydrogens (primary N) is 1. The van der Waals surface area contributed by atoms with E-state index in [0.717, 1.165) is 29.7 Å². The predicted octanol–water partition coefficient (Wildman–Crippen LogP) is 2.95. The Morgan fingerprint density at radius 3 is 2.72 bits per heavy atom. The number of thiophene rings is 1. The lowest BCUT2D eigenvalue weighted by molar-refractivity contribution is 0.1000. The lowest BCUT2D eigenvalue weighted by Gasteiger charge is -2.18. The molecule has 2 aromatic heterocycles. The molecule has 1 aliphatic rings. The molecule has 0 radical (unpaired) electrons. The van der Waals surface area contributed by atoms with Gasteiger partial charge < -0.3 is 11.1 Å². The van der Waals surface area contributed by atoms with Crippen LogP contribution in [0, 0.1) is 5.92 Å². The average molecular weight is 410 g/mol. The lowest BCUT2D eigenvalue weighted by atomic mass is 9.88. The third-order valence-corrected chi connectivity index (χ3v) is 6.54. The Labute approximate surface area is 171 Å². The van der Waals surface area contributed by atoms with Crippen LogP contribution >= 0.6 is 11.3 Å². The van der Waals surface area contributed by atoms with Gasteiger partial charge in [0.1, 0.15) is 5.00 Å². The number of hydrogen-bond acceptors (Lipinski definition) is 5. The van der Waals surface area contributed by atoms with Crippen LogP contribution in [-0.4, -0.2) is 21.6 Å². The highest BCUT2D eigenvalue weighted by atomic mass is 32.1. The number of fused-ring (bicyclic) bond motifs is 2. The number of hydrogen-bond donors (Lipinski definition) is 2. The van der Waals surface area contributed by atoms with E-state index in [1.807, 2.05) is 0 Å². The van der Waals surface area contributed by atoms with Gasteiger partial charge in [-0.25, -0.2) is 4.68 Å². The Bertz CT molecular complexity index is 1190. The SMILES string of the molecule is CCn1nc(C(=O)Nc2sc3c(c2C(N)=O)CC[C@@H](C)C3)c2ccccc2c1=O. The summed E-state index contributed by atoms with van der Waals surface area (Å²) in [4.78, 5) is 38.9. The molecule has 8 heteroatoms. The molecule has 7 nitrogen and oxygen atoms in total. The van der Waals surface area contributed by atoms with Crippen LogP contribution in [0.15, 0.2) is 29.1 Å². The van der Waals surface area contributed by atoms with Gasteiger partial charge in [-0.3, -0.25) is 14.4 Å². The summed E-state index contributed by atoms with van der Waals surface area (Å²) in [6.45, 7) is 4.32. The molecule has 0 bridgehead atoms. The van der Waals surface area contributed by atoms with E-state index >= 15 is 0 Å². The lowest BCUT2D eigenvalue weighted by Crippen LogP contribution is -2.27. The minimum absolute atomic E-state index is 0.150. The van der Waals surface area contributed by atoms with E-state index in [2.05, 4.69) is 17.3 Å². The molecule has 150 valence electrons. The molecule has 0 saturated heterocycles. The summed E-state index contributed by atoms with van der Waals surface area (Å²) in [6.07, 6.45) is 2.64. The van der Waals surface area contributed by atoms with Crippen LogP contribution in [0.5, 0.6) is 0 Å². The Morgan fingerprint density at radius 1 is 1.31 bits per heavy atom. The van der Waals surface area contributed by atoms with Gasteiger partial charge in [-0.15, -0.1) is 11.3 Å². The highest BCUT2D eigenvalue weighted by molar-refractivity contribution is 7.17. The molecule has 3 N–H and O–H groups in total. The maximum Gasteiger partial charge on any atom is 0.277 e. The van der Waals surface area contributed by atoms with Gasteiger partial charge in [0.05, 0.1) is 10.9 Å². The summed E-state index contributed by atoms with van der Waals surface area (Å²) in [7, 11) is 0. The molecule has 0 spiro atoms. The summed E-state index contributed by atoms with van der Waals surface area (Å²) in [5, 5.41) is 8.48. The number of aryl methyl sites for hydroxylation is 1. The molecule has 1 aromatic carbocycles. The fourth-order valence-corrected chi connectivity index (χ4v) is 5.29. The Hall–Kier alpha value is -3.00. The smallest absolute Gasteiger partial charge is 0.277 e. The monoisotopic (exact) mass is 410 g/mol. The van der Waals surface area contributed by atoms with E-state index in [0.29, 0.717) is 33.8 Å². The molecule has 3 aromatic rings. The van der Waals surface area contributed by atoms with Crippen molar-refractivity contribution in [1.82, 2.24) is 9.78 Å². The Morgan fingerprint density at radius 2 is 2.03 bits per heavy atom. The summed E-state index contributed by atoms with van der Waals surface area (Å²) in [5.74, 6) is -0.467. The van der Waals surface area contributed by atoms with E-state index in [9.17, 15) is 14.4 Å². The van der Waals surface area contributed by atoms with Crippen LogP contribution < -0.4 is 16.6 Å². The van der Waals surface area contributed by atoms with E-state index in [4.69, 9.17) is 5.73 Å². The van der Waals surface area contributed by atoms with Gasteiger partial charge in [-0.05, 0) is 43.7 Å². The quantitative estimate of drug-likeness (QED) is 0.689. The number of aromatic nitrogens is 2. The number of rotatable bonds is 4. The molecular weight excluding hydrogens is 388 g/mol. The second kappa shape index (κ2) is 7.44. The first kappa shape index (κ1) is 19.3. The highest BCUT2D eigenvalue weighted by Crippen LogP contribution is 2.39. The number of benzene rings is 1. The third kappa shape index (κ3) is 3.33. The number of amides is 2. The molecule has 0 fully saturated rings. The van der Waals surface area contributed by atoms with Crippen LogP contribution in [-0.2, 0) is 19.4 Å². The summed E-state index contributed by atoms with van der Waals surface area (Å²) >= 11 is 1.41. The normalized spacial score (nSPS) is 15.9. The zero-order chi connectivity index (χ0) is 20.7. The predicted molar refractivity (Wildman–Crippen MR) is 114 cm³/mol. The number of carbonyl (C=O) groups is 2. The Kier molecular flexibility index (Phi) is 4.96. The largest absolute Gasteiger partial charge is 0.365 e. The fourth-order valence-electron chi connectivity index (χ4n) is 3.88. The maximum absolute atomic E-state index is 13.1. The number of nitrogens with zero attached hydrogens (tertiary/aromatic N) is 2. The Balaban J connectivity index is 1.79. The zero-order valence-electron chi connectivity index (χ0n) is 16.3. The zero-order valence-corrected chi connectivity index (χ0v) is 17.1. The molecule has 2 amide bonds. The number of nitrogens with one attached hydrogen (secondary N) is 1. The standard InChI is InChI=1S/C21H22N4O3S/c1-3-25-21(28)13-7-5-4-6-12(13)17(24-25)19(27)23-20-16(18(22)26)14-9-8-11(2)10-15(14)29-20/h4-7,11H,3,8-10H2,1-2H3,(H2,22,26)(H,23,27)/t11-/m1/s1. The molecule has 1 atom stereocenters. The van der Waals surface area contributed by atoms with Crippen molar-refractivity contribution in [1.29, 1.82) is 0 Å². The van der Waals surface area contributed by atoms with Crippen LogP contribution in [0.25, 0.3) is 10.8 Å². The molecule has 4 rings (SSSR count). The van der Waals surface area contributed by atoms with Crippen LogP contribution in [0.2, 0.25) is 0 Å². The fraction of sp³-hybridized carbons (Fsp3) is 0.333. The van der Waals surface area contributed by atoms with Gasteiger partial charge in [0, 0.05) is 16.8 Å². The van der Waals surface area contributed by atoms with E-state index in [1.165, 1.54) is 16.0 Å². The van der Waals surface area contributed by atoms with E-state index in [1.54, 1.807) is 31.2 Å². The second-order valence-corrected chi connectivity index (χ2v) is 8.49. The van der Waals surface area contributed by atoms with Crippen molar-refractivity contribution < 1.29 is 9.59 Å². The molecular formula is C21H22N4O3S. The van der Waals surface area contributed by atoms with Crippen molar-refractivity contribution in [3.05, 3.63) is 56.3 Å². The van der Waals surface area contributed by atoms with Gasteiger partial charge in [-0.1, -0.05) is 25.1 Å². The molecule has 1 aliphatic carbocycles. The highest BCUT2D eigenvalue weighted by Gasteiger charge is 2.28. The van der Waals surface area contributed by atoms with Crippen molar-refractivity contribution in [3.63, 3.8) is 0 Å². The van der Waals surface area contributed by atoms with Gasteiger partial charge in [0.25, 0.3) is 17.4 Å². The third-order valence-electron chi connectivity index (χ3n) is 5.37. The minimum atomic E-state index is -0.538. The molecule has 29 heavy (non-hydrogen) atoms. The number of anilines is 1. The first-order valence-corrected chi connectivity index (χ1v) is 10.5. The molecule has 0 unspecified atom stereocenters. The molecule has 2 heterocycles. The van der Waals surface area contributed by atoms with Crippen molar-refractivity contribution in [2.75, 3.05) is 5.32 Å². The number of primary amides is 1. The second-order valence-electron chi connectivity index (χ2n) is 7.39. The van der Waals surface area contributed by atoms with Crippen molar-refractivity contribution in [3.8, 4) is 0 Å². The van der Waals surface area contributed by atoms with Gasteiger partial charge in [-0.2, -0.15) is 5.10 Å². The van der Waals surface area contributed by atoms with Crippen LogP contribution in [0.3, 0.4) is 0 Å². The molecule has 0 aliphatic heterocycles. The average Bonchev–Trinajstić information content (AvgIpc) is 3.05. The van der Waals surface area contributed by atoms with Crippen molar-refractivity contribution in [2.24, 2.45) is 11.7 Å². The summed E-state index contributed by atoms with van der Waals surface area (Å²) in [6, 6.07) is 6.90.